The van der Waals surface area contributed by atoms with Gasteiger partial charge in [-0.3, -0.25) is 0 Å². The summed E-state index contributed by atoms with van der Waals surface area (Å²) < 4.78 is 0. The topological polar surface area (TPSA) is 63.3 Å². The largest absolute Gasteiger partial charge is 0.478 e. The fraction of sp³-hybridized carbons (Fsp3) is 0.133. The van der Waals surface area contributed by atoms with Gasteiger partial charge in [0.1, 0.15) is 0 Å². The summed E-state index contributed by atoms with van der Waals surface area (Å²) in [5.74, 6) is -0.909. The molecule has 0 amide bonds. The van der Waals surface area contributed by atoms with Crippen LogP contribution >= 0.6 is 0 Å². The lowest BCUT2D eigenvalue weighted by atomic mass is 9.96. The molecule has 3 nitrogen and oxygen atoms in total. The summed E-state index contributed by atoms with van der Waals surface area (Å²) in [5, 5.41) is 9.22. The molecule has 2 aromatic rings. The Labute approximate surface area is 106 Å². The fourth-order valence-corrected chi connectivity index (χ4v) is 1.96. The molecule has 0 heterocycles. The van der Waals surface area contributed by atoms with Gasteiger partial charge in [0.2, 0.25) is 0 Å². The number of carboxylic acid groups (broad SMARTS) is 1. The Balaban J connectivity index is 2.54. The van der Waals surface area contributed by atoms with E-state index in [1.165, 1.54) is 0 Å². The first-order valence-electron chi connectivity index (χ1n) is 5.84. The van der Waals surface area contributed by atoms with Crippen LogP contribution in [0.25, 0.3) is 11.1 Å². The van der Waals surface area contributed by atoms with Crippen LogP contribution in [0.4, 0.5) is 0 Å². The predicted molar refractivity (Wildman–Crippen MR) is 71.6 cm³/mol. The lowest BCUT2D eigenvalue weighted by molar-refractivity contribution is 0.0697. The summed E-state index contributed by atoms with van der Waals surface area (Å²) in [6, 6.07) is 14.9. The zero-order chi connectivity index (χ0) is 13.0. The first kappa shape index (κ1) is 12.3. The SMILES string of the molecule is NCCc1ccc(C(=O)O)c(-c2ccccc2)c1. The van der Waals surface area contributed by atoms with Gasteiger partial charge in [-0.15, -0.1) is 0 Å². The number of nitrogens with two attached hydrogens (primary N) is 1. The van der Waals surface area contributed by atoms with Crippen molar-refractivity contribution in [1.29, 1.82) is 0 Å². The average Bonchev–Trinajstić information content (AvgIpc) is 2.40. The van der Waals surface area contributed by atoms with Crippen LogP contribution < -0.4 is 5.73 Å². The van der Waals surface area contributed by atoms with Crippen molar-refractivity contribution in [3.8, 4) is 11.1 Å². The van der Waals surface area contributed by atoms with Gasteiger partial charge >= 0.3 is 5.97 Å². The van der Waals surface area contributed by atoms with Crippen LogP contribution in [0.5, 0.6) is 0 Å². The van der Waals surface area contributed by atoms with Crippen LogP contribution in [-0.4, -0.2) is 17.6 Å². The van der Waals surface area contributed by atoms with E-state index in [4.69, 9.17) is 5.73 Å². The third-order valence-corrected chi connectivity index (χ3v) is 2.83. The van der Waals surface area contributed by atoms with E-state index < -0.39 is 5.97 Å². The molecule has 0 bridgehead atoms. The van der Waals surface area contributed by atoms with E-state index in [9.17, 15) is 9.90 Å². The quantitative estimate of drug-likeness (QED) is 0.864. The van der Waals surface area contributed by atoms with Crippen molar-refractivity contribution < 1.29 is 9.90 Å². The number of hydrogen-bond acceptors (Lipinski definition) is 2. The molecule has 0 saturated heterocycles. The van der Waals surface area contributed by atoms with E-state index in [1.54, 1.807) is 6.07 Å². The molecular weight excluding hydrogens is 226 g/mol. The predicted octanol–water partition coefficient (Wildman–Crippen LogP) is 2.55. The van der Waals surface area contributed by atoms with Gasteiger partial charge in [-0.05, 0) is 35.7 Å². The fourth-order valence-electron chi connectivity index (χ4n) is 1.96. The first-order chi connectivity index (χ1) is 8.72. The van der Waals surface area contributed by atoms with Crippen LogP contribution in [0.15, 0.2) is 48.5 Å². The molecule has 18 heavy (non-hydrogen) atoms. The van der Waals surface area contributed by atoms with Crippen LogP contribution in [0.3, 0.4) is 0 Å². The summed E-state index contributed by atoms with van der Waals surface area (Å²) in [4.78, 5) is 11.2. The molecule has 0 spiro atoms. The Morgan fingerprint density at radius 2 is 1.83 bits per heavy atom. The number of benzene rings is 2. The minimum atomic E-state index is -0.909. The van der Waals surface area contributed by atoms with Gasteiger partial charge in [0.25, 0.3) is 0 Å². The highest BCUT2D eigenvalue weighted by atomic mass is 16.4. The summed E-state index contributed by atoms with van der Waals surface area (Å²) in [5.41, 5.74) is 8.56. The molecule has 3 N–H and O–H groups in total. The van der Waals surface area contributed by atoms with E-state index in [0.29, 0.717) is 12.1 Å². The smallest absolute Gasteiger partial charge is 0.336 e. The molecule has 0 radical (unpaired) electrons. The van der Waals surface area contributed by atoms with Crippen LogP contribution in [-0.2, 0) is 6.42 Å². The number of hydrogen-bond donors (Lipinski definition) is 2. The first-order valence-corrected chi connectivity index (χ1v) is 5.84. The zero-order valence-electron chi connectivity index (χ0n) is 9.97. The molecule has 3 heteroatoms. The second kappa shape index (κ2) is 5.47. The van der Waals surface area contributed by atoms with Crippen molar-refractivity contribution in [2.24, 2.45) is 5.73 Å². The molecule has 0 aliphatic rings. The molecule has 0 aliphatic carbocycles. The highest BCUT2D eigenvalue weighted by Crippen LogP contribution is 2.25. The molecule has 2 rings (SSSR count). The maximum atomic E-state index is 11.2. The highest BCUT2D eigenvalue weighted by molar-refractivity contribution is 5.96. The summed E-state index contributed by atoms with van der Waals surface area (Å²) in [7, 11) is 0. The Hall–Kier alpha value is -2.13. The Kier molecular flexibility index (Phi) is 3.75. The summed E-state index contributed by atoms with van der Waals surface area (Å²) in [6.45, 7) is 0.556. The molecule has 0 aliphatic heterocycles. The van der Waals surface area contributed by atoms with Crippen molar-refractivity contribution in [3.05, 3.63) is 59.7 Å². The second-order valence-electron chi connectivity index (χ2n) is 4.09. The van der Waals surface area contributed by atoms with Crippen molar-refractivity contribution >= 4 is 5.97 Å². The van der Waals surface area contributed by atoms with E-state index in [-0.39, 0.29) is 0 Å². The number of aromatic carboxylic acids is 1. The minimum Gasteiger partial charge on any atom is -0.478 e. The third kappa shape index (κ3) is 2.57. The second-order valence-corrected chi connectivity index (χ2v) is 4.09. The third-order valence-electron chi connectivity index (χ3n) is 2.83. The van der Waals surface area contributed by atoms with Gasteiger partial charge in [0, 0.05) is 0 Å². The number of carboxylic acids is 1. The van der Waals surface area contributed by atoms with Crippen molar-refractivity contribution in [3.63, 3.8) is 0 Å². The molecule has 0 fully saturated rings. The summed E-state index contributed by atoms with van der Waals surface area (Å²) in [6.07, 6.45) is 0.750. The normalized spacial score (nSPS) is 10.3. The van der Waals surface area contributed by atoms with Gasteiger partial charge in [-0.25, -0.2) is 4.79 Å². The standard InChI is InChI=1S/C15H15NO2/c16-9-8-11-6-7-13(15(17)18)14(10-11)12-4-2-1-3-5-12/h1-7,10H,8-9,16H2,(H,17,18). The van der Waals surface area contributed by atoms with Crippen molar-refractivity contribution in [2.75, 3.05) is 6.54 Å². The Bertz CT molecular complexity index is 550. The van der Waals surface area contributed by atoms with Gasteiger partial charge in [-0.1, -0.05) is 42.5 Å². The van der Waals surface area contributed by atoms with E-state index >= 15 is 0 Å². The number of carbonyl (C=O) groups is 1. The van der Waals surface area contributed by atoms with Crippen LogP contribution in [0.1, 0.15) is 15.9 Å². The van der Waals surface area contributed by atoms with Gasteiger partial charge in [0.15, 0.2) is 0 Å². The maximum Gasteiger partial charge on any atom is 0.336 e. The molecular formula is C15H15NO2. The number of rotatable bonds is 4. The minimum absolute atomic E-state index is 0.321. The molecule has 2 aromatic carbocycles. The van der Waals surface area contributed by atoms with Crippen LogP contribution in [0, 0.1) is 0 Å². The lowest BCUT2D eigenvalue weighted by Gasteiger charge is -2.09. The molecule has 0 saturated carbocycles. The van der Waals surface area contributed by atoms with Gasteiger partial charge in [-0.2, -0.15) is 0 Å². The maximum absolute atomic E-state index is 11.2. The Morgan fingerprint density at radius 3 is 2.44 bits per heavy atom. The zero-order valence-corrected chi connectivity index (χ0v) is 9.97. The van der Waals surface area contributed by atoms with E-state index in [0.717, 1.165) is 23.1 Å². The molecule has 0 atom stereocenters. The van der Waals surface area contributed by atoms with Gasteiger partial charge < -0.3 is 10.8 Å². The van der Waals surface area contributed by atoms with Gasteiger partial charge in [0.05, 0.1) is 5.56 Å². The van der Waals surface area contributed by atoms with Crippen molar-refractivity contribution in [2.45, 2.75) is 6.42 Å². The monoisotopic (exact) mass is 241 g/mol. The van der Waals surface area contributed by atoms with Crippen molar-refractivity contribution in [1.82, 2.24) is 0 Å². The van der Waals surface area contributed by atoms with E-state index in [1.807, 2.05) is 42.5 Å². The van der Waals surface area contributed by atoms with E-state index in [2.05, 4.69) is 0 Å². The van der Waals surface area contributed by atoms with Crippen LogP contribution in [0.2, 0.25) is 0 Å². The molecule has 0 unspecified atom stereocenters. The lowest BCUT2D eigenvalue weighted by Crippen LogP contribution is -2.05. The average molecular weight is 241 g/mol. The molecule has 0 aromatic heterocycles. The highest BCUT2D eigenvalue weighted by Gasteiger charge is 2.11. The summed E-state index contributed by atoms with van der Waals surface area (Å²) >= 11 is 0. The molecule has 92 valence electrons. The Morgan fingerprint density at radius 1 is 1.11 bits per heavy atom.